The monoisotopic (exact) mass is 286 g/mol. The lowest BCUT2D eigenvalue weighted by Crippen LogP contribution is -2.27. The molecule has 0 saturated carbocycles. The summed E-state index contributed by atoms with van der Waals surface area (Å²) in [4.78, 5) is 11.6. The lowest BCUT2D eigenvalue weighted by atomic mass is 10.1. The highest BCUT2D eigenvalue weighted by Gasteiger charge is 2.18. The van der Waals surface area contributed by atoms with Gasteiger partial charge >= 0.3 is 6.09 Å². The van der Waals surface area contributed by atoms with Crippen LogP contribution in [0.3, 0.4) is 0 Å². The second-order valence-corrected chi connectivity index (χ2v) is 5.41. The fourth-order valence-corrected chi connectivity index (χ4v) is 1.58. The molecule has 0 aliphatic rings. The number of alkyl halides is 1. The molecule has 0 aromatic heterocycles. The summed E-state index contributed by atoms with van der Waals surface area (Å²) in [6.45, 7) is 5.29. The number of carbonyl (C=O) groups excluding carboxylic acids is 1. The van der Waals surface area contributed by atoms with Crippen molar-refractivity contribution in [3.63, 3.8) is 0 Å². The fourth-order valence-electron chi connectivity index (χ4n) is 1.58. The zero-order valence-electron chi connectivity index (χ0n) is 11.9. The van der Waals surface area contributed by atoms with Crippen LogP contribution in [0.25, 0.3) is 0 Å². The Bertz CT molecular complexity index is 473. The number of halogens is 2. The number of hydrogen-bond acceptors (Lipinski definition) is 3. The molecule has 4 nitrogen and oxygen atoms in total. The van der Waals surface area contributed by atoms with Crippen molar-refractivity contribution in [1.82, 2.24) is 0 Å². The van der Waals surface area contributed by atoms with Gasteiger partial charge in [0.1, 0.15) is 17.6 Å². The minimum atomic E-state index is -1.50. The number of ether oxygens (including phenoxy) is 1. The van der Waals surface area contributed by atoms with Gasteiger partial charge in [-0.2, -0.15) is 0 Å². The Hall–Kier alpha value is -1.69. The number of amides is 1. The normalized spacial score (nSPS) is 12.9. The maximum absolute atomic E-state index is 13.7. The Labute approximate surface area is 117 Å². The average molecular weight is 286 g/mol. The molecule has 20 heavy (non-hydrogen) atoms. The molecule has 0 radical (unpaired) electrons. The van der Waals surface area contributed by atoms with Crippen molar-refractivity contribution >= 4 is 11.8 Å². The highest BCUT2D eigenvalue weighted by molar-refractivity contribution is 5.85. The highest BCUT2D eigenvalue weighted by atomic mass is 19.1. The molecule has 0 aliphatic carbocycles. The summed E-state index contributed by atoms with van der Waals surface area (Å²) in [6.07, 6.45) is -2.16. The van der Waals surface area contributed by atoms with Crippen LogP contribution in [0.1, 0.15) is 38.9 Å². The first-order valence-corrected chi connectivity index (χ1v) is 6.36. The summed E-state index contributed by atoms with van der Waals surface area (Å²) in [7, 11) is 0. The van der Waals surface area contributed by atoms with Gasteiger partial charge < -0.3 is 10.5 Å². The quantitative estimate of drug-likeness (QED) is 0.890. The van der Waals surface area contributed by atoms with E-state index in [2.05, 4.69) is 5.32 Å². The standard InChI is InChI=1S/C14H20F2N2O2/c1-14(2,3)20-13(19)18-9-4-5-11(15)10(8-9)12(16)6-7-17/h4-5,8,12H,6-7,17H2,1-3H3,(H,18,19). The second-order valence-electron chi connectivity index (χ2n) is 5.41. The van der Waals surface area contributed by atoms with Gasteiger partial charge in [-0.25, -0.2) is 13.6 Å². The Morgan fingerprint density at radius 1 is 1.45 bits per heavy atom. The van der Waals surface area contributed by atoms with Gasteiger partial charge in [0, 0.05) is 11.3 Å². The van der Waals surface area contributed by atoms with Crippen LogP contribution >= 0.6 is 0 Å². The first-order chi connectivity index (χ1) is 9.23. The molecule has 1 amide bonds. The minimum absolute atomic E-state index is 0.0206. The van der Waals surface area contributed by atoms with Gasteiger partial charge in [-0.3, -0.25) is 5.32 Å². The highest BCUT2D eigenvalue weighted by Crippen LogP contribution is 2.26. The van der Waals surface area contributed by atoms with Crippen molar-refractivity contribution in [2.75, 3.05) is 11.9 Å². The summed E-state index contributed by atoms with van der Waals surface area (Å²) in [5.74, 6) is -0.666. The van der Waals surface area contributed by atoms with E-state index in [9.17, 15) is 13.6 Å². The first kappa shape index (κ1) is 16.4. The van der Waals surface area contributed by atoms with Gasteiger partial charge in [0.25, 0.3) is 0 Å². The van der Waals surface area contributed by atoms with Crippen LogP contribution in [0, 0.1) is 5.82 Å². The summed E-state index contributed by atoms with van der Waals surface area (Å²) >= 11 is 0. The van der Waals surface area contributed by atoms with Crippen molar-refractivity contribution in [3.05, 3.63) is 29.6 Å². The molecule has 0 saturated heterocycles. The van der Waals surface area contributed by atoms with Crippen LogP contribution in [0.4, 0.5) is 19.3 Å². The molecule has 112 valence electrons. The van der Waals surface area contributed by atoms with Crippen LogP contribution in [0.5, 0.6) is 0 Å². The topological polar surface area (TPSA) is 64.3 Å². The molecule has 0 aliphatic heterocycles. The van der Waals surface area contributed by atoms with Gasteiger partial charge in [0.05, 0.1) is 0 Å². The van der Waals surface area contributed by atoms with Gasteiger partial charge in [-0.05, 0) is 51.9 Å². The van der Waals surface area contributed by atoms with E-state index in [-0.39, 0.29) is 24.2 Å². The number of hydrogen-bond donors (Lipinski definition) is 2. The van der Waals surface area contributed by atoms with E-state index in [1.165, 1.54) is 12.1 Å². The number of rotatable bonds is 4. The molecule has 1 aromatic rings. The molecule has 1 rings (SSSR count). The molecule has 0 bridgehead atoms. The SMILES string of the molecule is CC(C)(C)OC(=O)Nc1ccc(F)c(C(F)CCN)c1. The van der Waals surface area contributed by atoms with Crippen molar-refractivity contribution in [2.45, 2.75) is 39.0 Å². The molecule has 0 spiro atoms. The van der Waals surface area contributed by atoms with E-state index in [0.717, 1.165) is 6.07 Å². The lowest BCUT2D eigenvalue weighted by molar-refractivity contribution is 0.0636. The number of carbonyl (C=O) groups is 1. The number of benzene rings is 1. The average Bonchev–Trinajstić information content (AvgIpc) is 2.29. The number of nitrogens with two attached hydrogens (primary N) is 1. The molecule has 6 heteroatoms. The predicted molar refractivity (Wildman–Crippen MR) is 73.8 cm³/mol. The molecule has 1 unspecified atom stereocenters. The molecule has 1 atom stereocenters. The van der Waals surface area contributed by atoms with E-state index in [4.69, 9.17) is 10.5 Å². The van der Waals surface area contributed by atoms with Gasteiger partial charge in [0.15, 0.2) is 0 Å². The smallest absolute Gasteiger partial charge is 0.412 e. The lowest BCUT2D eigenvalue weighted by Gasteiger charge is -2.20. The zero-order chi connectivity index (χ0) is 15.3. The Balaban J connectivity index is 2.82. The Morgan fingerprint density at radius 2 is 2.10 bits per heavy atom. The summed E-state index contributed by atoms with van der Waals surface area (Å²) in [5, 5.41) is 2.44. The van der Waals surface area contributed by atoms with E-state index < -0.39 is 23.7 Å². The van der Waals surface area contributed by atoms with Gasteiger partial charge in [0.2, 0.25) is 0 Å². The second kappa shape index (κ2) is 6.65. The Morgan fingerprint density at radius 3 is 2.65 bits per heavy atom. The molecular weight excluding hydrogens is 266 g/mol. The molecular formula is C14H20F2N2O2. The van der Waals surface area contributed by atoms with Crippen LogP contribution in [-0.2, 0) is 4.74 Å². The molecule has 1 aromatic carbocycles. The predicted octanol–water partition coefficient (Wildman–Crippen LogP) is 3.53. The van der Waals surface area contributed by atoms with Crippen LogP contribution in [0.2, 0.25) is 0 Å². The largest absolute Gasteiger partial charge is 0.444 e. The van der Waals surface area contributed by atoms with Crippen molar-refractivity contribution in [3.8, 4) is 0 Å². The third-order valence-corrected chi connectivity index (χ3v) is 2.40. The summed E-state index contributed by atoms with van der Waals surface area (Å²) < 4.78 is 32.3. The third-order valence-electron chi connectivity index (χ3n) is 2.40. The summed E-state index contributed by atoms with van der Waals surface area (Å²) in [6, 6.07) is 3.70. The maximum Gasteiger partial charge on any atom is 0.412 e. The van der Waals surface area contributed by atoms with Gasteiger partial charge in [-0.15, -0.1) is 0 Å². The van der Waals surface area contributed by atoms with Gasteiger partial charge in [-0.1, -0.05) is 0 Å². The van der Waals surface area contributed by atoms with E-state index in [1.54, 1.807) is 20.8 Å². The maximum atomic E-state index is 13.7. The van der Waals surface area contributed by atoms with Crippen LogP contribution in [0.15, 0.2) is 18.2 Å². The van der Waals surface area contributed by atoms with Crippen molar-refractivity contribution in [2.24, 2.45) is 5.73 Å². The van der Waals surface area contributed by atoms with E-state index in [0.29, 0.717) is 0 Å². The van der Waals surface area contributed by atoms with Crippen molar-refractivity contribution in [1.29, 1.82) is 0 Å². The molecule has 0 fully saturated rings. The van der Waals surface area contributed by atoms with Crippen LogP contribution < -0.4 is 11.1 Å². The minimum Gasteiger partial charge on any atom is -0.444 e. The van der Waals surface area contributed by atoms with E-state index >= 15 is 0 Å². The molecule has 0 heterocycles. The fraction of sp³-hybridized carbons (Fsp3) is 0.500. The third kappa shape index (κ3) is 5.13. The number of nitrogens with one attached hydrogen (secondary N) is 1. The summed E-state index contributed by atoms with van der Waals surface area (Å²) in [5.41, 5.74) is 4.76. The first-order valence-electron chi connectivity index (χ1n) is 6.36. The van der Waals surface area contributed by atoms with Crippen molar-refractivity contribution < 1.29 is 18.3 Å². The van der Waals surface area contributed by atoms with Crippen LogP contribution in [-0.4, -0.2) is 18.2 Å². The number of anilines is 1. The zero-order valence-corrected chi connectivity index (χ0v) is 11.9. The molecule has 3 N–H and O–H groups in total. The van der Waals surface area contributed by atoms with E-state index in [1.807, 2.05) is 0 Å². The Kier molecular flexibility index (Phi) is 5.44.